The van der Waals surface area contributed by atoms with E-state index in [4.69, 9.17) is 0 Å². The van der Waals surface area contributed by atoms with E-state index < -0.39 is 0 Å². The van der Waals surface area contributed by atoms with Crippen molar-refractivity contribution in [3.63, 3.8) is 0 Å². The third kappa shape index (κ3) is 10.5. The van der Waals surface area contributed by atoms with E-state index in [-0.39, 0.29) is 0 Å². The standard InChI is InChI=1S/C24H48N2/c1-4-7-9-11-12-13-14-15-16-18-21-26-23-22-25(24(26)19-6-3)20-17-10-8-5-2/h22-24H,4-21H2,1-3H3. The monoisotopic (exact) mass is 364 g/mol. The number of rotatable bonds is 18. The maximum atomic E-state index is 2.62. The molecule has 0 bridgehead atoms. The van der Waals surface area contributed by atoms with Crippen LogP contribution in [-0.2, 0) is 0 Å². The summed E-state index contributed by atoms with van der Waals surface area (Å²) in [6, 6.07) is 0. The van der Waals surface area contributed by atoms with Gasteiger partial charge in [0.1, 0.15) is 6.17 Å². The van der Waals surface area contributed by atoms with Gasteiger partial charge in [-0.25, -0.2) is 0 Å². The summed E-state index contributed by atoms with van der Waals surface area (Å²) in [4.78, 5) is 5.23. The zero-order valence-corrected chi connectivity index (χ0v) is 18.4. The van der Waals surface area contributed by atoms with E-state index in [9.17, 15) is 0 Å². The van der Waals surface area contributed by atoms with E-state index >= 15 is 0 Å². The third-order valence-corrected chi connectivity index (χ3v) is 5.80. The van der Waals surface area contributed by atoms with E-state index in [0.29, 0.717) is 6.17 Å². The fourth-order valence-corrected chi connectivity index (χ4v) is 4.10. The third-order valence-electron chi connectivity index (χ3n) is 5.80. The highest BCUT2D eigenvalue weighted by Crippen LogP contribution is 2.22. The average molecular weight is 365 g/mol. The Bertz CT molecular complexity index is 326. The second-order valence-electron chi connectivity index (χ2n) is 8.29. The van der Waals surface area contributed by atoms with Crippen LogP contribution in [0, 0.1) is 0 Å². The van der Waals surface area contributed by atoms with Gasteiger partial charge in [0.15, 0.2) is 0 Å². The predicted molar refractivity (Wildman–Crippen MR) is 117 cm³/mol. The van der Waals surface area contributed by atoms with Crippen molar-refractivity contribution in [2.45, 2.75) is 130 Å². The van der Waals surface area contributed by atoms with Gasteiger partial charge in [-0.2, -0.15) is 0 Å². The lowest BCUT2D eigenvalue weighted by Gasteiger charge is -2.33. The smallest absolute Gasteiger partial charge is 0.101 e. The van der Waals surface area contributed by atoms with Crippen LogP contribution in [0.4, 0.5) is 0 Å². The van der Waals surface area contributed by atoms with Crippen molar-refractivity contribution in [3.8, 4) is 0 Å². The molecule has 154 valence electrons. The van der Waals surface area contributed by atoms with Crippen LogP contribution in [0.2, 0.25) is 0 Å². The second kappa shape index (κ2) is 16.5. The SMILES string of the molecule is CCCCCCCCCCCCN1C=CN(CCCCCC)C1CCC. The highest BCUT2D eigenvalue weighted by atomic mass is 15.4. The van der Waals surface area contributed by atoms with Crippen LogP contribution < -0.4 is 0 Å². The van der Waals surface area contributed by atoms with Crippen LogP contribution >= 0.6 is 0 Å². The molecule has 26 heavy (non-hydrogen) atoms. The number of nitrogens with zero attached hydrogens (tertiary/aromatic N) is 2. The number of unbranched alkanes of at least 4 members (excludes halogenated alkanes) is 12. The summed E-state index contributed by atoms with van der Waals surface area (Å²) >= 11 is 0. The van der Waals surface area contributed by atoms with E-state index in [1.807, 2.05) is 0 Å². The van der Waals surface area contributed by atoms with Gasteiger partial charge in [0.25, 0.3) is 0 Å². The summed E-state index contributed by atoms with van der Waals surface area (Å²) in [5, 5.41) is 0. The molecule has 0 aromatic heterocycles. The minimum absolute atomic E-state index is 0.639. The Morgan fingerprint density at radius 1 is 0.500 bits per heavy atom. The molecule has 1 aliphatic rings. The van der Waals surface area contributed by atoms with E-state index in [1.165, 1.54) is 116 Å². The summed E-state index contributed by atoms with van der Waals surface area (Å²) in [6.07, 6.45) is 27.7. The van der Waals surface area contributed by atoms with Crippen LogP contribution in [-0.4, -0.2) is 29.1 Å². The first-order valence-electron chi connectivity index (χ1n) is 12.0. The molecule has 2 heteroatoms. The molecule has 1 unspecified atom stereocenters. The molecule has 0 radical (unpaired) electrons. The molecular formula is C24H48N2. The van der Waals surface area contributed by atoms with Crippen LogP contribution in [0.25, 0.3) is 0 Å². The quantitative estimate of drug-likeness (QED) is 0.230. The molecule has 0 aromatic rings. The number of hydrogen-bond acceptors (Lipinski definition) is 2. The molecule has 1 atom stereocenters. The largest absolute Gasteiger partial charge is 0.356 e. The van der Waals surface area contributed by atoms with E-state index in [0.717, 1.165) is 0 Å². The number of hydrogen-bond donors (Lipinski definition) is 0. The maximum absolute atomic E-state index is 2.62. The van der Waals surface area contributed by atoms with Gasteiger partial charge in [-0.3, -0.25) is 0 Å². The van der Waals surface area contributed by atoms with Crippen LogP contribution in [0.3, 0.4) is 0 Å². The lowest BCUT2D eigenvalue weighted by molar-refractivity contribution is 0.138. The molecule has 2 nitrogen and oxygen atoms in total. The first kappa shape index (κ1) is 23.4. The highest BCUT2D eigenvalue weighted by molar-refractivity contribution is 4.96. The Hall–Kier alpha value is -0.660. The van der Waals surface area contributed by atoms with Crippen molar-refractivity contribution in [1.29, 1.82) is 0 Å². The van der Waals surface area contributed by atoms with Gasteiger partial charge in [-0.15, -0.1) is 0 Å². The van der Waals surface area contributed by atoms with Crippen molar-refractivity contribution in [1.82, 2.24) is 9.80 Å². The Labute approximate surface area is 165 Å². The summed E-state index contributed by atoms with van der Waals surface area (Å²) in [5.74, 6) is 0. The summed E-state index contributed by atoms with van der Waals surface area (Å²) < 4.78 is 0. The van der Waals surface area contributed by atoms with Crippen LogP contribution in [0.1, 0.15) is 124 Å². The first-order chi connectivity index (χ1) is 12.8. The van der Waals surface area contributed by atoms with Gasteiger partial charge < -0.3 is 9.80 Å². The van der Waals surface area contributed by atoms with Gasteiger partial charge in [-0.05, 0) is 19.3 Å². The first-order valence-corrected chi connectivity index (χ1v) is 12.0. The normalized spacial score (nSPS) is 16.8. The average Bonchev–Trinajstić information content (AvgIpc) is 3.02. The molecule has 0 saturated heterocycles. The molecule has 1 heterocycles. The fourth-order valence-electron chi connectivity index (χ4n) is 4.10. The topological polar surface area (TPSA) is 6.48 Å². The Kier molecular flexibility index (Phi) is 14.8. The fraction of sp³-hybridized carbons (Fsp3) is 0.917. The van der Waals surface area contributed by atoms with Gasteiger partial charge in [0.05, 0.1) is 0 Å². The zero-order chi connectivity index (χ0) is 18.9. The van der Waals surface area contributed by atoms with Gasteiger partial charge in [0, 0.05) is 25.5 Å². The lowest BCUT2D eigenvalue weighted by atomic mass is 10.1. The lowest BCUT2D eigenvalue weighted by Crippen LogP contribution is -2.39. The van der Waals surface area contributed by atoms with Crippen molar-refractivity contribution in [2.75, 3.05) is 13.1 Å². The zero-order valence-electron chi connectivity index (χ0n) is 18.4. The Balaban J connectivity index is 2.08. The predicted octanol–water partition coefficient (Wildman–Crippen LogP) is 7.70. The maximum Gasteiger partial charge on any atom is 0.101 e. The van der Waals surface area contributed by atoms with Gasteiger partial charge >= 0.3 is 0 Å². The summed E-state index contributed by atoms with van der Waals surface area (Å²) in [5.41, 5.74) is 0. The van der Waals surface area contributed by atoms with Crippen molar-refractivity contribution in [2.24, 2.45) is 0 Å². The van der Waals surface area contributed by atoms with E-state index in [1.54, 1.807) is 0 Å². The molecule has 0 fully saturated rings. The minimum atomic E-state index is 0.639. The highest BCUT2D eigenvalue weighted by Gasteiger charge is 2.24. The molecule has 1 aliphatic heterocycles. The molecule has 0 amide bonds. The molecule has 0 aliphatic carbocycles. The summed E-state index contributed by atoms with van der Waals surface area (Å²) in [6.45, 7) is 9.42. The Morgan fingerprint density at radius 3 is 1.31 bits per heavy atom. The van der Waals surface area contributed by atoms with Gasteiger partial charge in [-0.1, -0.05) is 104 Å². The van der Waals surface area contributed by atoms with Crippen molar-refractivity contribution in [3.05, 3.63) is 12.4 Å². The second-order valence-corrected chi connectivity index (χ2v) is 8.29. The van der Waals surface area contributed by atoms with Gasteiger partial charge in [0.2, 0.25) is 0 Å². The molecule has 0 saturated carbocycles. The molecule has 1 rings (SSSR count). The van der Waals surface area contributed by atoms with Crippen molar-refractivity contribution >= 4 is 0 Å². The van der Waals surface area contributed by atoms with E-state index in [2.05, 4.69) is 43.0 Å². The molecule has 0 aromatic carbocycles. The summed E-state index contributed by atoms with van der Waals surface area (Å²) in [7, 11) is 0. The van der Waals surface area contributed by atoms with Crippen LogP contribution in [0.15, 0.2) is 12.4 Å². The molecular weight excluding hydrogens is 316 g/mol. The molecule has 0 spiro atoms. The van der Waals surface area contributed by atoms with Crippen molar-refractivity contribution < 1.29 is 0 Å². The van der Waals surface area contributed by atoms with Crippen LogP contribution in [0.5, 0.6) is 0 Å². The minimum Gasteiger partial charge on any atom is -0.356 e. The molecule has 0 N–H and O–H groups in total. The Morgan fingerprint density at radius 2 is 0.885 bits per heavy atom.